The van der Waals surface area contributed by atoms with Gasteiger partial charge in [0.05, 0.1) is 13.2 Å². The van der Waals surface area contributed by atoms with Crippen LogP contribution in [0.4, 0.5) is 0 Å². The third-order valence-corrected chi connectivity index (χ3v) is 3.13. The monoisotopic (exact) mass is 293 g/mol. The zero-order chi connectivity index (χ0) is 15.9. The van der Waals surface area contributed by atoms with E-state index >= 15 is 0 Å². The predicted octanol–water partition coefficient (Wildman–Crippen LogP) is 4.40. The van der Waals surface area contributed by atoms with Gasteiger partial charge in [-0.3, -0.25) is 0 Å². The second kappa shape index (κ2) is 8.28. The van der Waals surface area contributed by atoms with Crippen LogP contribution in [0.3, 0.4) is 0 Å². The van der Waals surface area contributed by atoms with Crippen LogP contribution in [-0.4, -0.2) is 19.3 Å². The lowest BCUT2D eigenvalue weighted by molar-refractivity contribution is 0.229. The molecule has 1 aromatic carbocycles. The van der Waals surface area contributed by atoms with Crippen molar-refractivity contribution in [1.82, 2.24) is 5.32 Å². The van der Waals surface area contributed by atoms with Gasteiger partial charge in [0.2, 0.25) is 0 Å². The van der Waals surface area contributed by atoms with Crippen molar-refractivity contribution < 1.29 is 9.47 Å². The SMILES string of the molecule is CCOc1cc(CNC(C)C)ccc1OCCC(C)(C)C. The molecular weight excluding hydrogens is 262 g/mol. The molecule has 0 aliphatic heterocycles. The van der Waals surface area contributed by atoms with E-state index in [2.05, 4.69) is 52.1 Å². The fourth-order valence-electron chi connectivity index (χ4n) is 1.84. The molecule has 0 bridgehead atoms. The summed E-state index contributed by atoms with van der Waals surface area (Å²) >= 11 is 0. The maximum atomic E-state index is 5.90. The summed E-state index contributed by atoms with van der Waals surface area (Å²) in [4.78, 5) is 0. The summed E-state index contributed by atoms with van der Waals surface area (Å²) in [5.41, 5.74) is 1.50. The van der Waals surface area contributed by atoms with Gasteiger partial charge in [0, 0.05) is 12.6 Å². The van der Waals surface area contributed by atoms with Crippen LogP contribution >= 0.6 is 0 Å². The molecule has 120 valence electrons. The zero-order valence-corrected chi connectivity index (χ0v) is 14.5. The van der Waals surface area contributed by atoms with Crippen LogP contribution in [-0.2, 0) is 6.54 Å². The summed E-state index contributed by atoms with van der Waals surface area (Å²) in [5, 5.41) is 3.42. The summed E-state index contributed by atoms with van der Waals surface area (Å²) in [5.74, 6) is 1.68. The van der Waals surface area contributed by atoms with Crippen molar-refractivity contribution >= 4 is 0 Å². The minimum absolute atomic E-state index is 0.285. The first-order valence-corrected chi connectivity index (χ1v) is 7.93. The van der Waals surface area contributed by atoms with Gasteiger partial charge >= 0.3 is 0 Å². The van der Waals surface area contributed by atoms with E-state index in [4.69, 9.17) is 9.47 Å². The third-order valence-electron chi connectivity index (χ3n) is 3.13. The average Bonchev–Trinajstić information content (AvgIpc) is 2.37. The van der Waals surface area contributed by atoms with Crippen LogP contribution in [0.5, 0.6) is 11.5 Å². The fraction of sp³-hybridized carbons (Fsp3) is 0.667. The van der Waals surface area contributed by atoms with Crippen LogP contribution in [0.25, 0.3) is 0 Å². The van der Waals surface area contributed by atoms with E-state index in [0.29, 0.717) is 19.3 Å². The normalized spacial score (nSPS) is 11.8. The van der Waals surface area contributed by atoms with E-state index < -0.39 is 0 Å². The smallest absolute Gasteiger partial charge is 0.161 e. The second-order valence-electron chi connectivity index (χ2n) is 6.91. The van der Waals surface area contributed by atoms with Gasteiger partial charge in [-0.05, 0) is 36.5 Å². The van der Waals surface area contributed by atoms with E-state index in [-0.39, 0.29) is 5.41 Å². The Bertz CT molecular complexity index is 422. The van der Waals surface area contributed by atoms with Crippen molar-refractivity contribution in [2.24, 2.45) is 5.41 Å². The molecule has 0 unspecified atom stereocenters. The van der Waals surface area contributed by atoms with Crippen molar-refractivity contribution in [2.45, 2.75) is 60.5 Å². The summed E-state index contributed by atoms with van der Waals surface area (Å²) in [6.07, 6.45) is 1.02. The van der Waals surface area contributed by atoms with Gasteiger partial charge in [0.1, 0.15) is 0 Å². The highest BCUT2D eigenvalue weighted by atomic mass is 16.5. The molecule has 0 aliphatic rings. The van der Waals surface area contributed by atoms with Crippen molar-refractivity contribution in [3.05, 3.63) is 23.8 Å². The Morgan fingerprint density at radius 2 is 1.81 bits per heavy atom. The lowest BCUT2D eigenvalue weighted by Crippen LogP contribution is -2.21. The minimum Gasteiger partial charge on any atom is -0.490 e. The molecule has 1 N–H and O–H groups in total. The van der Waals surface area contributed by atoms with E-state index in [1.54, 1.807) is 0 Å². The molecule has 0 aromatic heterocycles. The number of benzene rings is 1. The van der Waals surface area contributed by atoms with Crippen LogP contribution in [0, 0.1) is 5.41 Å². The van der Waals surface area contributed by atoms with Crippen molar-refractivity contribution in [3.8, 4) is 11.5 Å². The Labute approximate surface area is 130 Å². The molecule has 0 aliphatic carbocycles. The number of hydrogen-bond donors (Lipinski definition) is 1. The molecule has 0 spiro atoms. The summed E-state index contributed by atoms with van der Waals surface area (Å²) < 4.78 is 11.6. The number of ether oxygens (including phenoxy) is 2. The van der Waals surface area contributed by atoms with E-state index in [1.165, 1.54) is 5.56 Å². The molecule has 0 amide bonds. The first-order valence-electron chi connectivity index (χ1n) is 7.93. The number of nitrogens with one attached hydrogen (secondary N) is 1. The minimum atomic E-state index is 0.285. The van der Waals surface area contributed by atoms with Crippen molar-refractivity contribution in [2.75, 3.05) is 13.2 Å². The van der Waals surface area contributed by atoms with Gasteiger partial charge < -0.3 is 14.8 Å². The Hall–Kier alpha value is -1.22. The van der Waals surface area contributed by atoms with Crippen LogP contribution in [0.2, 0.25) is 0 Å². The van der Waals surface area contributed by atoms with Gasteiger partial charge in [-0.1, -0.05) is 40.7 Å². The van der Waals surface area contributed by atoms with E-state index in [1.807, 2.05) is 13.0 Å². The largest absolute Gasteiger partial charge is 0.490 e. The Kier molecular flexibility index (Phi) is 7.03. The standard InChI is InChI=1S/C18H31NO2/c1-7-20-17-12-15(13-19-14(2)3)8-9-16(17)21-11-10-18(4,5)6/h8-9,12,14,19H,7,10-11,13H2,1-6H3. The predicted molar refractivity (Wildman–Crippen MR) is 89.2 cm³/mol. The van der Waals surface area contributed by atoms with Crippen LogP contribution < -0.4 is 14.8 Å². The van der Waals surface area contributed by atoms with E-state index in [9.17, 15) is 0 Å². The summed E-state index contributed by atoms with van der Waals surface area (Å²) in [7, 11) is 0. The van der Waals surface area contributed by atoms with Crippen molar-refractivity contribution in [1.29, 1.82) is 0 Å². The Morgan fingerprint density at radius 1 is 1.10 bits per heavy atom. The molecule has 1 rings (SSSR count). The molecule has 0 saturated carbocycles. The Balaban J connectivity index is 2.69. The topological polar surface area (TPSA) is 30.5 Å². The van der Waals surface area contributed by atoms with Gasteiger partial charge in [-0.15, -0.1) is 0 Å². The highest BCUT2D eigenvalue weighted by Gasteiger charge is 2.12. The quantitative estimate of drug-likeness (QED) is 0.770. The molecule has 0 heterocycles. The molecule has 1 aromatic rings. The molecule has 0 atom stereocenters. The Morgan fingerprint density at radius 3 is 2.38 bits per heavy atom. The molecule has 3 nitrogen and oxygen atoms in total. The van der Waals surface area contributed by atoms with Gasteiger partial charge in [-0.25, -0.2) is 0 Å². The first-order chi connectivity index (χ1) is 9.81. The molecule has 0 saturated heterocycles. The lowest BCUT2D eigenvalue weighted by atomic mass is 9.93. The van der Waals surface area contributed by atoms with Crippen LogP contribution in [0.1, 0.15) is 53.5 Å². The maximum absolute atomic E-state index is 5.90. The van der Waals surface area contributed by atoms with Gasteiger partial charge in [0.15, 0.2) is 11.5 Å². The van der Waals surface area contributed by atoms with Gasteiger partial charge in [0.25, 0.3) is 0 Å². The third kappa shape index (κ3) is 7.37. The average molecular weight is 293 g/mol. The maximum Gasteiger partial charge on any atom is 0.161 e. The van der Waals surface area contributed by atoms with Crippen molar-refractivity contribution in [3.63, 3.8) is 0 Å². The number of rotatable bonds is 8. The highest BCUT2D eigenvalue weighted by Crippen LogP contribution is 2.29. The molecule has 21 heavy (non-hydrogen) atoms. The summed E-state index contributed by atoms with van der Waals surface area (Å²) in [6, 6.07) is 6.67. The van der Waals surface area contributed by atoms with Gasteiger partial charge in [-0.2, -0.15) is 0 Å². The molecule has 3 heteroatoms. The summed E-state index contributed by atoms with van der Waals surface area (Å²) in [6.45, 7) is 15.2. The number of hydrogen-bond acceptors (Lipinski definition) is 3. The zero-order valence-electron chi connectivity index (χ0n) is 14.5. The first kappa shape index (κ1) is 17.8. The fourth-order valence-corrected chi connectivity index (χ4v) is 1.84. The lowest BCUT2D eigenvalue weighted by Gasteiger charge is -2.19. The molecule has 0 radical (unpaired) electrons. The molecular formula is C18H31NO2. The second-order valence-corrected chi connectivity index (χ2v) is 6.91. The van der Waals surface area contributed by atoms with E-state index in [0.717, 1.165) is 24.5 Å². The molecule has 0 fully saturated rings. The highest BCUT2D eigenvalue weighted by molar-refractivity contribution is 5.43. The van der Waals surface area contributed by atoms with Crippen LogP contribution in [0.15, 0.2) is 18.2 Å².